The molecule has 0 aliphatic heterocycles. The minimum atomic E-state index is -4.09. The number of amides is 1. The van der Waals surface area contributed by atoms with Crippen molar-refractivity contribution in [3.63, 3.8) is 0 Å². The van der Waals surface area contributed by atoms with Gasteiger partial charge in [0.2, 0.25) is 0 Å². The molecule has 2 heterocycles. The van der Waals surface area contributed by atoms with Crippen molar-refractivity contribution >= 4 is 27.3 Å². The van der Waals surface area contributed by atoms with Crippen molar-refractivity contribution in [2.45, 2.75) is 25.7 Å². The summed E-state index contributed by atoms with van der Waals surface area (Å²) in [4.78, 5) is 17.3. The number of rotatable bonds is 6. The molecule has 0 saturated carbocycles. The number of benzene rings is 2. The molecule has 0 spiro atoms. The minimum absolute atomic E-state index is 0.0625. The molecule has 4 rings (SSSR count). The molecule has 0 radical (unpaired) electrons. The van der Waals surface area contributed by atoms with Crippen LogP contribution >= 0.6 is 0 Å². The highest BCUT2D eigenvalue weighted by Gasteiger charge is 2.21. The number of pyridine rings is 1. The number of nitrogens with one attached hydrogen (secondary N) is 2. The van der Waals surface area contributed by atoms with Crippen molar-refractivity contribution in [1.82, 2.24) is 9.55 Å². The number of hydrogen-bond acceptors (Lipinski definition) is 4. The molecule has 1 amide bonds. The summed E-state index contributed by atoms with van der Waals surface area (Å²) in [6.07, 6.45) is 1.68. The Kier molecular flexibility index (Phi) is 6.21. The molecule has 0 aliphatic rings. The average molecular weight is 479 g/mol. The maximum Gasteiger partial charge on any atom is 0.262 e. The van der Waals surface area contributed by atoms with Gasteiger partial charge in [-0.25, -0.2) is 17.8 Å². The summed E-state index contributed by atoms with van der Waals surface area (Å²) in [6.45, 7) is 5.32. The van der Waals surface area contributed by atoms with Crippen molar-refractivity contribution in [2.75, 3.05) is 10.0 Å². The first-order valence-electron chi connectivity index (χ1n) is 10.5. The number of carbonyl (C=O) groups excluding carboxylic acids is 1. The van der Waals surface area contributed by atoms with E-state index in [0.29, 0.717) is 28.3 Å². The highest BCUT2D eigenvalue weighted by molar-refractivity contribution is 7.92. The van der Waals surface area contributed by atoms with Gasteiger partial charge in [-0.05, 0) is 68.8 Å². The van der Waals surface area contributed by atoms with Gasteiger partial charge in [0.1, 0.15) is 11.6 Å². The lowest BCUT2D eigenvalue weighted by Crippen LogP contribution is -2.17. The molecule has 0 saturated heterocycles. The molecule has 0 aliphatic carbocycles. The number of halogens is 1. The first kappa shape index (κ1) is 23.2. The van der Waals surface area contributed by atoms with Crippen molar-refractivity contribution in [2.24, 2.45) is 0 Å². The van der Waals surface area contributed by atoms with Crippen molar-refractivity contribution in [3.8, 4) is 5.82 Å². The van der Waals surface area contributed by atoms with Crippen molar-refractivity contribution in [3.05, 3.63) is 101 Å². The third kappa shape index (κ3) is 4.55. The summed E-state index contributed by atoms with van der Waals surface area (Å²) in [6, 6.07) is 17.4. The van der Waals surface area contributed by atoms with Crippen LogP contribution in [0.5, 0.6) is 0 Å². The van der Waals surface area contributed by atoms with Gasteiger partial charge >= 0.3 is 0 Å². The minimum Gasteiger partial charge on any atom is -0.322 e. The number of aromatic nitrogens is 2. The van der Waals surface area contributed by atoms with Crippen LogP contribution in [0.1, 0.15) is 27.3 Å². The zero-order chi connectivity index (χ0) is 24.5. The zero-order valence-corrected chi connectivity index (χ0v) is 19.7. The summed E-state index contributed by atoms with van der Waals surface area (Å²) in [5.74, 6) is -0.375. The fourth-order valence-electron chi connectivity index (χ4n) is 3.74. The van der Waals surface area contributed by atoms with E-state index in [-0.39, 0.29) is 16.5 Å². The van der Waals surface area contributed by atoms with Crippen LogP contribution in [0.2, 0.25) is 0 Å². The smallest absolute Gasteiger partial charge is 0.262 e. The van der Waals surface area contributed by atoms with E-state index >= 15 is 0 Å². The van der Waals surface area contributed by atoms with Crippen LogP contribution < -0.4 is 10.0 Å². The fraction of sp³-hybridized carbons (Fsp3) is 0.120. The highest BCUT2D eigenvalue weighted by atomic mass is 32.2. The van der Waals surface area contributed by atoms with E-state index in [0.717, 1.165) is 5.69 Å². The second-order valence-electron chi connectivity index (χ2n) is 7.83. The van der Waals surface area contributed by atoms with Gasteiger partial charge in [-0.15, -0.1) is 0 Å². The number of sulfonamides is 1. The van der Waals surface area contributed by atoms with Crippen molar-refractivity contribution < 1.29 is 17.6 Å². The Bertz CT molecular complexity index is 1480. The quantitative estimate of drug-likeness (QED) is 0.408. The van der Waals surface area contributed by atoms with Crippen LogP contribution in [0.4, 0.5) is 15.8 Å². The normalized spacial score (nSPS) is 11.3. The Hall–Kier alpha value is -3.98. The Labute approximate surface area is 197 Å². The van der Waals surface area contributed by atoms with Gasteiger partial charge in [-0.1, -0.05) is 24.3 Å². The van der Waals surface area contributed by atoms with E-state index in [1.54, 1.807) is 31.3 Å². The summed E-state index contributed by atoms with van der Waals surface area (Å²) in [7, 11) is -4.09. The average Bonchev–Trinajstić information content (AvgIpc) is 3.11. The first-order valence-corrected chi connectivity index (χ1v) is 12.0. The Morgan fingerprint density at radius 3 is 2.41 bits per heavy atom. The van der Waals surface area contributed by atoms with Gasteiger partial charge in [-0.2, -0.15) is 0 Å². The lowest BCUT2D eigenvalue weighted by atomic mass is 10.2. The second kappa shape index (κ2) is 9.11. The maximum atomic E-state index is 14.0. The third-order valence-electron chi connectivity index (χ3n) is 5.41. The molecular formula is C25H23FN4O3S. The zero-order valence-electron chi connectivity index (χ0n) is 18.8. The van der Waals surface area contributed by atoms with E-state index in [1.165, 1.54) is 30.3 Å². The van der Waals surface area contributed by atoms with Gasteiger partial charge in [0.25, 0.3) is 15.9 Å². The monoisotopic (exact) mass is 478 g/mol. The van der Waals surface area contributed by atoms with Gasteiger partial charge in [0, 0.05) is 23.3 Å². The SMILES string of the molecule is Cc1ccc(NC(=O)c2cc(C)n(-c3ccccn3)c2C)cc1S(=O)(=O)Nc1ccccc1F. The Morgan fingerprint density at radius 1 is 0.971 bits per heavy atom. The topological polar surface area (TPSA) is 93.1 Å². The molecule has 0 unspecified atom stereocenters. The van der Waals surface area contributed by atoms with E-state index in [1.807, 2.05) is 36.6 Å². The molecular weight excluding hydrogens is 455 g/mol. The predicted molar refractivity (Wildman–Crippen MR) is 129 cm³/mol. The van der Waals surface area contributed by atoms with E-state index in [9.17, 15) is 17.6 Å². The number of para-hydroxylation sites is 1. The Morgan fingerprint density at radius 2 is 1.71 bits per heavy atom. The van der Waals surface area contributed by atoms with Crippen LogP contribution in [0, 0.1) is 26.6 Å². The molecule has 4 aromatic rings. The summed E-state index contributed by atoms with van der Waals surface area (Å²) in [5.41, 5.74) is 2.58. The van der Waals surface area contributed by atoms with Crippen molar-refractivity contribution in [1.29, 1.82) is 0 Å². The molecule has 9 heteroatoms. The van der Waals surface area contributed by atoms with Gasteiger partial charge in [0.05, 0.1) is 16.1 Å². The van der Waals surface area contributed by atoms with Crippen LogP contribution in [-0.2, 0) is 10.0 Å². The molecule has 7 nitrogen and oxygen atoms in total. The maximum absolute atomic E-state index is 14.0. The van der Waals surface area contributed by atoms with Crippen LogP contribution in [0.15, 0.2) is 77.8 Å². The number of aryl methyl sites for hydroxylation is 2. The molecule has 34 heavy (non-hydrogen) atoms. The lowest BCUT2D eigenvalue weighted by molar-refractivity contribution is 0.102. The Balaban J connectivity index is 1.62. The summed E-state index contributed by atoms with van der Waals surface area (Å²) >= 11 is 0. The van der Waals surface area contributed by atoms with E-state index < -0.39 is 15.8 Å². The molecule has 0 bridgehead atoms. The van der Waals surface area contributed by atoms with Gasteiger partial charge in [-0.3, -0.25) is 9.52 Å². The number of carbonyl (C=O) groups is 1. The third-order valence-corrected chi connectivity index (χ3v) is 6.92. The summed E-state index contributed by atoms with van der Waals surface area (Å²) in [5, 5.41) is 2.77. The number of anilines is 2. The summed E-state index contributed by atoms with van der Waals surface area (Å²) < 4.78 is 44.0. The first-order chi connectivity index (χ1) is 16.2. The number of nitrogens with zero attached hydrogens (tertiary/aromatic N) is 2. The fourth-order valence-corrected chi connectivity index (χ4v) is 5.08. The van der Waals surface area contributed by atoms with Gasteiger partial charge in [0.15, 0.2) is 0 Å². The number of hydrogen-bond donors (Lipinski definition) is 2. The molecule has 2 aromatic heterocycles. The molecule has 174 valence electrons. The highest BCUT2D eigenvalue weighted by Crippen LogP contribution is 2.25. The second-order valence-corrected chi connectivity index (χ2v) is 9.48. The molecule has 0 fully saturated rings. The van der Waals surface area contributed by atoms with E-state index in [2.05, 4.69) is 15.0 Å². The van der Waals surface area contributed by atoms with E-state index in [4.69, 9.17) is 0 Å². The predicted octanol–water partition coefficient (Wildman–Crippen LogP) is 4.99. The van der Waals surface area contributed by atoms with Gasteiger partial charge < -0.3 is 9.88 Å². The standard InChI is InChI=1S/C25H23FN4O3S/c1-16-11-12-19(15-23(16)34(32,33)29-22-9-5-4-8-21(22)26)28-25(31)20-14-17(2)30(18(20)3)24-10-6-7-13-27-24/h4-15,29H,1-3H3,(H,28,31). The van der Waals surface area contributed by atoms with Crippen LogP contribution in [-0.4, -0.2) is 23.9 Å². The molecule has 2 aromatic carbocycles. The van der Waals surface area contributed by atoms with Crippen LogP contribution in [0.25, 0.3) is 5.82 Å². The largest absolute Gasteiger partial charge is 0.322 e. The van der Waals surface area contributed by atoms with Crippen LogP contribution in [0.3, 0.4) is 0 Å². The molecule has 2 N–H and O–H groups in total. The molecule has 0 atom stereocenters. The lowest BCUT2D eigenvalue weighted by Gasteiger charge is -2.13.